The molecule has 1 fully saturated rings. The number of sulfonamides is 1. The molecule has 0 saturated carbocycles. The lowest BCUT2D eigenvalue weighted by atomic mass is 10.1. The van der Waals surface area contributed by atoms with E-state index in [-0.39, 0.29) is 34.8 Å². The van der Waals surface area contributed by atoms with E-state index in [0.717, 1.165) is 6.42 Å². The Morgan fingerprint density at radius 3 is 2.79 bits per heavy atom. The van der Waals surface area contributed by atoms with Crippen LogP contribution in [0, 0.1) is 0 Å². The van der Waals surface area contributed by atoms with E-state index >= 15 is 0 Å². The molecule has 1 unspecified atom stereocenters. The van der Waals surface area contributed by atoms with Crippen molar-refractivity contribution in [1.29, 1.82) is 0 Å². The van der Waals surface area contributed by atoms with Crippen LogP contribution in [0.4, 0.5) is 10.1 Å². The quantitative estimate of drug-likeness (QED) is 0.423. The minimum absolute atomic E-state index is 0.0268. The summed E-state index contributed by atoms with van der Waals surface area (Å²) in [5.74, 6) is -1.53. The number of methoxy groups -OCH3 is 1. The summed E-state index contributed by atoms with van der Waals surface area (Å²) in [5, 5.41) is 0.144. The third kappa shape index (κ3) is 3.87. The van der Waals surface area contributed by atoms with Crippen LogP contribution in [0.1, 0.15) is 29.6 Å². The number of ketones is 1. The number of halogens is 2. The lowest BCUT2D eigenvalue weighted by Gasteiger charge is -2.24. The summed E-state index contributed by atoms with van der Waals surface area (Å²) in [6.07, 6.45) is 0.387. The lowest BCUT2D eigenvalue weighted by molar-refractivity contribution is -0.114. The van der Waals surface area contributed by atoms with Gasteiger partial charge in [0.15, 0.2) is 0 Å². The number of alkyl halides is 2. The summed E-state index contributed by atoms with van der Waals surface area (Å²) >= 11 is 3.04. The van der Waals surface area contributed by atoms with Gasteiger partial charge in [0, 0.05) is 31.6 Å². The minimum Gasteiger partial charge on any atom is -0.383 e. The third-order valence-corrected chi connectivity index (χ3v) is 7.72. The van der Waals surface area contributed by atoms with E-state index < -0.39 is 27.9 Å². The summed E-state index contributed by atoms with van der Waals surface area (Å²) in [4.78, 5) is 25.8. The predicted molar refractivity (Wildman–Crippen MR) is 105 cm³/mol. The molecule has 1 aromatic rings. The van der Waals surface area contributed by atoms with Gasteiger partial charge in [-0.2, -0.15) is 4.31 Å². The number of hydrogen-bond donors (Lipinski definition) is 0. The van der Waals surface area contributed by atoms with E-state index in [9.17, 15) is 22.4 Å². The molecule has 7 nitrogen and oxygen atoms in total. The summed E-state index contributed by atoms with van der Waals surface area (Å²) < 4.78 is 46.1. The molecule has 1 saturated heterocycles. The van der Waals surface area contributed by atoms with E-state index in [2.05, 4.69) is 15.9 Å². The van der Waals surface area contributed by atoms with Gasteiger partial charge in [-0.05, 0) is 37.5 Å². The first-order valence-electron chi connectivity index (χ1n) is 9.02. The van der Waals surface area contributed by atoms with Crippen LogP contribution in [0.3, 0.4) is 0 Å². The molecule has 2 heterocycles. The van der Waals surface area contributed by atoms with Crippen LogP contribution >= 0.6 is 15.9 Å². The standard InChI is InChI=1S/C18H22BrFN2O5S/c1-27-11-13-3-2-7-22(13)28(25,26)14-4-5-16-15(9-14)17(23)18(24)21(16)8-6-12(20)10-19/h4-5,9,12-13H,2-3,6-8,10-11H2,1H3/t12?,13-/m0/s1. The highest BCUT2D eigenvalue weighted by atomic mass is 79.9. The van der Waals surface area contributed by atoms with Gasteiger partial charge in [-0.15, -0.1) is 0 Å². The van der Waals surface area contributed by atoms with Crippen molar-refractivity contribution in [1.82, 2.24) is 4.31 Å². The van der Waals surface area contributed by atoms with Gasteiger partial charge in [0.1, 0.15) is 6.17 Å². The molecule has 2 atom stereocenters. The molecule has 2 aliphatic heterocycles. The van der Waals surface area contributed by atoms with Crippen molar-refractivity contribution in [2.24, 2.45) is 0 Å². The molecule has 3 rings (SSSR count). The number of Topliss-reactive ketones (excluding diaryl/α,β-unsaturated/α-hetero) is 1. The van der Waals surface area contributed by atoms with E-state index in [1.165, 1.54) is 34.5 Å². The number of hydrogen-bond acceptors (Lipinski definition) is 5. The van der Waals surface area contributed by atoms with Gasteiger partial charge in [0.05, 0.1) is 22.8 Å². The van der Waals surface area contributed by atoms with E-state index in [4.69, 9.17) is 4.74 Å². The van der Waals surface area contributed by atoms with Crippen molar-refractivity contribution < 1.29 is 27.1 Å². The van der Waals surface area contributed by atoms with Gasteiger partial charge in [-0.25, -0.2) is 12.8 Å². The maximum absolute atomic E-state index is 13.5. The van der Waals surface area contributed by atoms with Crippen molar-refractivity contribution in [2.75, 3.05) is 37.0 Å². The van der Waals surface area contributed by atoms with E-state index in [1.807, 2.05) is 0 Å². The number of anilines is 1. The Kier molecular flexibility index (Phi) is 6.53. The Labute approximate surface area is 172 Å². The second-order valence-corrected chi connectivity index (χ2v) is 9.41. The molecule has 0 radical (unpaired) electrons. The number of benzene rings is 1. The summed E-state index contributed by atoms with van der Waals surface area (Å²) in [7, 11) is -2.29. The Bertz CT molecular complexity index is 879. The molecule has 0 aromatic heterocycles. The number of fused-ring (bicyclic) bond motifs is 1. The van der Waals surface area contributed by atoms with Crippen LogP contribution in [-0.4, -0.2) is 68.8 Å². The molecule has 0 spiro atoms. The zero-order chi connectivity index (χ0) is 20.5. The van der Waals surface area contributed by atoms with E-state index in [0.29, 0.717) is 25.3 Å². The number of carbonyl (C=O) groups excluding carboxylic acids is 2. The molecule has 154 valence electrons. The van der Waals surface area contributed by atoms with Crippen molar-refractivity contribution >= 4 is 43.3 Å². The van der Waals surface area contributed by atoms with Crippen molar-refractivity contribution in [2.45, 2.75) is 36.4 Å². The highest BCUT2D eigenvalue weighted by molar-refractivity contribution is 9.09. The zero-order valence-electron chi connectivity index (χ0n) is 15.4. The molecule has 10 heteroatoms. The maximum atomic E-state index is 13.5. The van der Waals surface area contributed by atoms with Crippen LogP contribution in [0.2, 0.25) is 0 Å². The Morgan fingerprint density at radius 2 is 2.11 bits per heavy atom. The smallest absolute Gasteiger partial charge is 0.299 e. The number of rotatable bonds is 8. The fraction of sp³-hybridized carbons (Fsp3) is 0.556. The second-order valence-electron chi connectivity index (χ2n) is 6.87. The van der Waals surface area contributed by atoms with Gasteiger partial charge in [-0.3, -0.25) is 9.59 Å². The van der Waals surface area contributed by atoms with Gasteiger partial charge >= 0.3 is 0 Å². The highest BCUT2D eigenvalue weighted by Crippen LogP contribution is 2.34. The molecular weight excluding hydrogens is 455 g/mol. The third-order valence-electron chi connectivity index (χ3n) is 5.06. The Balaban J connectivity index is 1.89. The SMILES string of the molecule is COC[C@@H]1CCCN1S(=O)(=O)c1ccc2c(c1)C(=O)C(=O)N2CCC(F)CBr. The molecule has 1 aromatic carbocycles. The molecular formula is C18H22BrFN2O5S. The Morgan fingerprint density at radius 1 is 1.36 bits per heavy atom. The first kappa shape index (κ1) is 21.4. The summed E-state index contributed by atoms with van der Waals surface area (Å²) in [6.45, 7) is 0.739. The zero-order valence-corrected chi connectivity index (χ0v) is 17.8. The van der Waals surface area contributed by atoms with Crippen LogP contribution in [0.5, 0.6) is 0 Å². The predicted octanol–water partition coefficient (Wildman–Crippen LogP) is 2.14. The van der Waals surface area contributed by atoms with Gasteiger partial charge in [-0.1, -0.05) is 15.9 Å². The van der Waals surface area contributed by atoms with Crippen LogP contribution in [0.15, 0.2) is 23.1 Å². The highest BCUT2D eigenvalue weighted by Gasteiger charge is 2.39. The molecule has 0 N–H and O–H groups in total. The first-order chi connectivity index (χ1) is 13.3. The van der Waals surface area contributed by atoms with E-state index in [1.54, 1.807) is 0 Å². The normalized spacial score (nSPS) is 21.4. The average molecular weight is 477 g/mol. The second kappa shape index (κ2) is 8.56. The monoisotopic (exact) mass is 476 g/mol. The Hall–Kier alpha value is -1.36. The number of nitrogens with zero attached hydrogens (tertiary/aromatic N) is 2. The maximum Gasteiger partial charge on any atom is 0.299 e. The number of amides is 1. The van der Waals surface area contributed by atoms with Crippen LogP contribution in [0.25, 0.3) is 0 Å². The topological polar surface area (TPSA) is 84.0 Å². The fourth-order valence-corrected chi connectivity index (χ4v) is 5.66. The molecule has 1 amide bonds. The minimum atomic E-state index is -3.81. The van der Waals surface area contributed by atoms with Crippen LogP contribution < -0.4 is 4.90 Å². The molecule has 2 aliphatic rings. The lowest BCUT2D eigenvalue weighted by Crippen LogP contribution is -2.38. The van der Waals surface area contributed by atoms with Crippen molar-refractivity contribution in [3.8, 4) is 0 Å². The summed E-state index contributed by atoms with van der Waals surface area (Å²) in [6, 6.07) is 3.85. The molecule has 0 bridgehead atoms. The average Bonchev–Trinajstić information content (AvgIpc) is 3.24. The van der Waals surface area contributed by atoms with Crippen molar-refractivity contribution in [3.63, 3.8) is 0 Å². The fourth-order valence-electron chi connectivity index (χ4n) is 3.63. The van der Waals surface area contributed by atoms with Crippen LogP contribution in [-0.2, 0) is 19.6 Å². The van der Waals surface area contributed by atoms with Gasteiger partial charge < -0.3 is 9.64 Å². The van der Waals surface area contributed by atoms with Crippen molar-refractivity contribution in [3.05, 3.63) is 23.8 Å². The largest absolute Gasteiger partial charge is 0.383 e. The number of ether oxygens (including phenoxy) is 1. The van der Waals surface area contributed by atoms with Gasteiger partial charge in [0.2, 0.25) is 10.0 Å². The number of carbonyl (C=O) groups is 2. The summed E-state index contributed by atoms with van der Waals surface area (Å²) in [5.41, 5.74) is 0.369. The molecule has 0 aliphatic carbocycles. The first-order valence-corrected chi connectivity index (χ1v) is 11.6. The van der Waals surface area contributed by atoms with Gasteiger partial charge in [0.25, 0.3) is 11.7 Å². The molecule has 28 heavy (non-hydrogen) atoms.